The van der Waals surface area contributed by atoms with Gasteiger partial charge in [0, 0.05) is 0 Å². The first-order chi connectivity index (χ1) is 17.3. The average molecular weight is 477 g/mol. The second-order valence-corrected chi connectivity index (χ2v) is 9.93. The highest BCUT2D eigenvalue weighted by Gasteiger charge is 2.27. The van der Waals surface area contributed by atoms with Crippen molar-refractivity contribution in [2.24, 2.45) is 20.0 Å². The van der Waals surface area contributed by atoms with Crippen LogP contribution in [0.5, 0.6) is 0 Å². The lowest BCUT2D eigenvalue weighted by Crippen LogP contribution is -1.98. The van der Waals surface area contributed by atoms with Crippen molar-refractivity contribution in [2.75, 3.05) is 0 Å². The second-order valence-electron chi connectivity index (χ2n) is 9.93. The van der Waals surface area contributed by atoms with Gasteiger partial charge in [-0.1, -0.05) is 27.7 Å². The third-order valence-electron chi connectivity index (χ3n) is 8.06. The number of allylic oxidation sites excluding steroid dienone is 12. The summed E-state index contributed by atoms with van der Waals surface area (Å²) >= 11 is 0. The summed E-state index contributed by atoms with van der Waals surface area (Å²) < 4.78 is 0. The summed E-state index contributed by atoms with van der Waals surface area (Å²) in [4.78, 5) is 20.4. The first kappa shape index (κ1) is 24.3. The summed E-state index contributed by atoms with van der Waals surface area (Å²) in [5, 5.41) is 0. The van der Waals surface area contributed by atoms with Gasteiger partial charge in [0.25, 0.3) is 0 Å². The van der Waals surface area contributed by atoms with Crippen molar-refractivity contribution in [2.45, 2.75) is 81.1 Å². The van der Waals surface area contributed by atoms with Crippen molar-refractivity contribution in [3.63, 3.8) is 0 Å². The normalized spacial score (nSPS) is 21.6. The van der Waals surface area contributed by atoms with E-state index in [4.69, 9.17) is 20.0 Å². The Morgan fingerprint density at radius 3 is 1.06 bits per heavy atom. The second kappa shape index (κ2) is 9.24. The molecule has 4 nitrogen and oxygen atoms in total. The fourth-order valence-corrected chi connectivity index (χ4v) is 5.85. The molecule has 0 aliphatic carbocycles. The van der Waals surface area contributed by atoms with Crippen LogP contribution in [0.15, 0.2) is 112 Å². The summed E-state index contributed by atoms with van der Waals surface area (Å²) in [6.45, 7) is 17.6. The molecule has 5 heterocycles. The minimum Gasteiger partial charge on any atom is -0.248 e. The maximum Gasteiger partial charge on any atom is 0.0693 e. The van der Waals surface area contributed by atoms with Crippen LogP contribution in [0.25, 0.3) is 0 Å². The van der Waals surface area contributed by atoms with Crippen LogP contribution in [0, 0.1) is 0 Å². The van der Waals surface area contributed by atoms with Gasteiger partial charge >= 0.3 is 0 Å². The third-order valence-corrected chi connectivity index (χ3v) is 8.06. The number of rotatable bonds is 4. The highest BCUT2D eigenvalue weighted by molar-refractivity contribution is 6.20. The average Bonchev–Trinajstić information content (AvgIpc) is 3.51. The predicted molar refractivity (Wildman–Crippen MR) is 154 cm³/mol. The number of hydrogen-bond donors (Lipinski definition) is 0. The van der Waals surface area contributed by atoms with Gasteiger partial charge in [-0.15, -0.1) is 0 Å². The van der Waals surface area contributed by atoms with E-state index in [1.165, 1.54) is 44.6 Å². The summed E-state index contributed by atoms with van der Waals surface area (Å²) in [6, 6.07) is 0. The minimum absolute atomic E-state index is 0.934. The van der Waals surface area contributed by atoms with Crippen molar-refractivity contribution in [1.29, 1.82) is 0 Å². The Morgan fingerprint density at radius 2 is 0.694 bits per heavy atom. The lowest BCUT2D eigenvalue weighted by atomic mass is 9.97. The van der Waals surface area contributed by atoms with Crippen molar-refractivity contribution < 1.29 is 0 Å². The van der Waals surface area contributed by atoms with E-state index in [2.05, 4.69) is 79.7 Å². The predicted octanol–water partition coefficient (Wildman–Crippen LogP) is 8.26. The minimum atomic E-state index is 0.934. The van der Waals surface area contributed by atoms with Gasteiger partial charge in [-0.25, -0.2) is 20.0 Å². The summed E-state index contributed by atoms with van der Waals surface area (Å²) in [5.74, 6) is 0. The van der Waals surface area contributed by atoms with Crippen LogP contribution in [0.3, 0.4) is 0 Å². The molecule has 5 aliphatic heterocycles. The van der Waals surface area contributed by atoms with Crippen LogP contribution in [0.4, 0.5) is 0 Å². The molecule has 0 atom stereocenters. The monoisotopic (exact) mass is 476 g/mol. The molecule has 184 valence electrons. The number of fused-ring (bicyclic) bond motifs is 4. The lowest BCUT2D eigenvalue weighted by Gasteiger charge is -2.04. The molecule has 0 amide bonds. The molecule has 5 aliphatic rings. The number of nitrogens with zero attached hydrogens (tertiary/aromatic N) is 4. The molecule has 0 radical (unpaired) electrons. The highest BCUT2D eigenvalue weighted by atomic mass is 14.9. The molecule has 8 bridgehead atoms. The Balaban J connectivity index is 1.81. The molecule has 0 saturated carbocycles. The Morgan fingerprint density at radius 1 is 0.389 bits per heavy atom. The molecule has 0 saturated heterocycles. The Hall–Kier alpha value is -3.40. The molecule has 0 aromatic heterocycles. The molecule has 0 unspecified atom stereocenters. The molecule has 5 rings (SSSR count). The van der Waals surface area contributed by atoms with Gasteiger partial charge in [-0.05, 0) is 122 Å². The van der Waals surface area contributed by atoms with Crippen LogP contribution in [-0.2, 0) is 0 Å². The maximum atomic E-state index is 5.12. The van der Waals surface area contributed by atoms with E-state index in [9.17, 15) is 0 Å². The van der Waals surface area contributed by atoms with Crippen LogP contribution in [0.1, 0.15) is 81.1 Å². The molecule has 0 fully saturated rings. The van der Waals surface area contributed by atoms with Gasteiger partial charge in [0.05, 0.1) is 45.6 Å². The molecule has 0 N–H and O–H groups in total. The molecule has 0 aromatic carbocycles. The summed E-state index contributed by atoms with van der Waals surface area (Å²) in [5.41, 5.74) is 18.2. The number of hydrogen-bond acceptors (Lipinski definition) is 4. The van der Waals surface area contributed by atoms with Gasteiger partial charge in [-0.3, -0.25) is 0 Å². The van der Waals surface area contributed by atoms with Crippen LogP contribution in [0.2, 0.25) is 0 Å². The zero-order valence-corrected chi connectivity index (χ0v) is 22.9. The first-order valence-electron chi connectivity index (χ1n) is 13.3. The van der Waals surface area contributed by atoms with Gasteiger partial charge in [0.1, 0.15) is 0 Å². The zero-order valence-electron chi connectivity index (χ0n) is 22.9. The fourth-order valence-electron chi connectivity index (χ4n) is 5.85. The molecule has 4 heteroatoms. The highest BCUT2D eigenvalue weighted by Crippen LogP contribution is 2.37. The molecular weight excluding hydrogens is 440 g/mol. The van der Waals surface area contributed by atoms with Crippen LogP contribution in [-0.4, -0.2) is 22.8 Å². The van der Waals surface area contributed by atoms with Gasteiger partial charge < -0.3 is 0 Å². The third kappa shape index (κ3) is 3.75. The van der Waals surface area contributed by atoms with Crippen LogP contribution >= 0.6 is 0 Å². The van der Waals surface area contributed by atoms with Crippen LogP contribution < -0.4 is 0 Å². The van der Waals surface area contributed by atoms with E-state index < -0.39 is 0 Å². The van der Waals surface area contributed by atoms with Crippen molar-refractivity contribution in [3.8, 4) is 0 Å². The SMILES string of the molecule is CCC1=C(C)C2=NC1=CC1=NC(=CC3=NC(=CC4=NC(=C2)C(C)=C4CC)C(C)=C3CC)C(C)=C1CC. The van der Waals surface area contributed by atoms with E-state index in [1.54, 1.807) is 0 Å². The van der Waals surface area contributed by atoms with Gasteiger partial charge in [-0.2, -0.15) is 0 Å². The quantitative estimate of drug-likeness (QED) is 0.392. The largest absolute Gasteiger partial charge is 0.248 e. The topological polar surface area (TPSA) is 49.4 Å². The van der Waals surface area contributed by atoms with E-state index in [0.29, 0.717) is 0 Å². The summed E-state index contributed by atoms with van der Waals surface area (Å²) in [7, 11) is 0. The molecule has 0 spiro atoms. The zero-order chi connectivity index (χ0) is 25.7. The Labute approximate surface area is 215 Å². The fraction of sp³-hybridized carbons (Fsp3) is 0.375. The van der Waals surface area contributed by atoms with Crippen molar-refractivity contribution in [3.05, 3.63) is 91.7 Å². The van der Waals surface area contributed by atoms with E-state index in [-0.39, 0.29) is 0 Å². The van der Waals surface area contributed by atoms with Gasteiger partial charge in [0.15, 0.2) is 0 Å². The number of aliphatic imine (C=N–C) groups is 4. The lowest BCUT2D eigenvalue weighted by molar-refractivity contribution is 1.09. The van der Waals surface area contributed by atoms with E-state index >= 15 is 0 Å². The Kier molecular flexibility index (Phi) is 6.23. The van der Waals surface area contributed by atoms with Gasteiger partial charge in [0.2, 0.25) is 0 Å². The van der Waals surface area contributed by atoms with E-state index in [0.717, 1.165) is 71.3 Å². The first-order valence-corrected chi connectivity index (χ1v) is 13.3. The maximum absolute atomic E-state index is 5.12. The summed E-state index contributed by atoms with van der Waals surface area (Å²) in [6.07, 6.45) is 12.5. The Bertz CT molecular complexity index is 1460. The smallest absolute Gasteiger partial charge is 0.0693 e. The standard InChI is InChI=1S/C32H36N4/c1-9-21-17(5)25-13-26-18(6)23(11-3)31(34-26)16-32-24(12-4)20(8)28(36-32)15-30-22(10-2)19(7)27(35-30)14-29(21)33-25/h13-16H,9-12H2,1-8H3. The molecule has 0 aromatic rings. The van der Waals surface area contributed by atoms with Crippen molar-refractivity contribution in [1.82, 2.24) is 0 Å². The molecular formula is C32H36N4. The van der Waals surface area contributed by atoms with E-state index in [1.807, 2.05) is 0 Å². The van der Waals surface area contributed by atoms with Crippen molar-refractivity contribution >= 4 is 22.8 Å². The molecule has 36 heavy (non-hydrogen) atoms.